The van der Waals surface area contributed by atoms with Gasteiger partial charge in [0.2, 0.25) is 0 Å². The molecule has 0 saturated carbocycles. The predicted molar refractivity (Wildman–Crippen MR) is 129 cm³/mol. The van der Waals surface area contributed by atoms with Crippen molar-refractivity contribution in [1.82, 2.24) is 14.9 Å². The standard InChI is InChI=1S/C23H22ClFN4O3.ClH/c1-30-21-13-17-20(14-22(21)32-9-3-2-6-29-7-10-31-11-8-29)26-15-27-23(17)28-19-5-4-16(24)12-18(19)25;/h4-5,12-15H,6-11H2,1H3,(H,26,27,28);1H. The van der Waals surface area contributed by atoms with Gasteiger partial charge < -0.3 is 19.5 Å². The molecule has 33 heavy (non-hydrogen) atoms. The van der Waals surface area contributed by atoms with E-state index in [1.165, 1.54) is 12.4 Å². The molecule has 1 aliphatic rings. The molecule has 2 aromatic carbocycles. The summed E-state index contributed by atoms with van der Waals surface area (Å²) >= 11 is 5.83. The molecule has 1 fully saturated rings. The van der Waals surface area contributed by atoms with Crippen LogP contribution in [-0.4, -0.2) is 61.4 Å². The first kappa shape index (κ1) is 24.8. The zero-order valence-corrected chi connectivity index (χ0v) is 19.5. The molecule has 0 spiro atoms. The van der Waals surface area contributed by atoms with Gasteiger partial charge in [0.15, 0.2) is 11.5 Å². The minimum atomic E-state index is -0.480. The second-order valence-electron chi connectivity index (χ2n) is 7.02. The maximum atomic E-state index is 14.2. The number of benzene rings is 2. The molecular formula is C23H23Cl2FN4O3. The highest BCUT2D eigenvalue weighted by Gasteiger charge is 2.13. The summed E-state index contributed by atoms with van der Waals surface area (Å²) in [4.78, 5) is 10.8. The monoisotopic (exact) mass is 492 g/mol. The zero-order valence-electron chi connectivity index (χ0n) is 17.9. The van der Waals surface area contributed by atoms with Crippen LogP contribution in [0.4, 0.5) is 15.9 Å². The van der Waals surface area contributed by atoms with E-state index in [-0.39, 0.29) is 24.7 Å². The Kier molecular flexibility index (Phi) is 8.92. The summed E-state index contributed by atoms with van der Waals surface area (Å²) in [7, 11) is 1.55. The Morgan fingerprint density at radius 3 is 2.73 bits per heavy atom. The lowest BCUT2D eigenvalue weighted by atomic mass is 10.2. The fourth-order valence-electron chi connectivity index (χ4n) is 3.25. The number of morpholine rings is 1. The van der Waals surface area contributed by atoms with Crippen LogP contribution in [0.2, 0.25) is 5.02 Å². The third-order valence-corrected chi connectivity index (χ3v) is 5.17. The molecular weight excluding hydrogens is 470 g/mol. The first-order chi connectivity index (χ1) is 15.6. The van der Waals surface area contributed by atoms with Crippen LogP contribution in [0.5, 0.6) is 11.5 Å². The quantitative estimate of drug-likeness (QED) is 0.514. The van der Waals surface area contributed by atoms with Crippen molar-refractivity contribution in [3.05, 3.63) is 47.5 Å². The first-order valence-corrected chi connectivity index (χ1v) is 10.5. The molecule has 0 atom stereocenters. The number of nitrogens with one attached hydrogen (secondary N) is 1. The maximum Gasteiger partial charge on any atom is 0.164 e. The van der Waals surface area contributed by atoms with Crippen LogP contribution in [0.1, 0.15) is 0 Å². The van der Waals surface area contributed by atoms with E-state index in [1.807, 2.05) is 0 Å². The van der Waals surface area contributed by atoms with E-state index in [4.69, 9.17) is 25.8 Å². The number of hydrogen-bond donors (Lipinski definition) is 1. The van der Waals surface area contributed by atoms with Crippen LogP contribution in [0.15, 0.2) is 36.7 Å². The lowest BCUT2D eigenvalue weighted by Gasteiger charge is -2.24. The summed E-state index contributed by atoms with van der Waals surface area (Å²) in [5.41, 5.74) is 0.873. The van der Waals surface area contributed by atoms with E-state index in [1.54, 1.807) is 31.4 Å². The largest absolute Gasteiger partial charge is 0.493 e. The molecule has 4 rings (SSSR count). The van der Waals surface area contributed by atoms with Gasteiger partial charge in [-0.2, -0.15) is 0 Å². The Bertz CT molecular complexity index is 1160. The number of aromatic nitrogens is 2. The van der Waals surface area contributed by atoms with E-state index in [2.05, 4.69) is 32.0 Å². The van der Waals surface area contributed by atoms with Gasteiger partial charge in [0.25, 0.3) is 0 Å². The molecule has 0 radical (unpaired) electrons. The Morgan fingerprint density at radius 1 is 1.15 bits per heavy atom. The lowest BCUT2D eigenvalue weighted by Crippen LogP contribution is -2.36. The van der Waals surface area contributed by atoms with Crippen LogP contribution in [-0.2, 0) is 4.74 Å². The highest BCUT2D eigenvalue weighted by Crippen LogP contribution is 2.35. The van der Waals surface area contributed by atoms with Crippen molar-refractivity contribution in [2.45, 2.75) is 0 Å². The second-order valence-corrected chi connectivity index (χ2v) is 7.46. The van der Waals surface area contributed by atoms with Crippen molar-refractivity contribution in [2.75, 3.05) is 51.9 Å². The summed E-state index contributed by atoms with van der Waals surface area (Å²) < 4.78 is 30.8. The fourth-order valence-corrected chi connectivity index (χ4v) is 3.41. The molecule has 1 aliphatic heterocycles. The zero-order chi connectivity index (χ0) is 22.3. The van der Waals surface area contributed by atoms with Gasteiger partial charge in [-0.1, -0.05) is 23.4 Å². The number of methoxy groups -OCH3 is 1. The smallest absolute Gasteiger partial charge is 0.164 e. The van der Waals surface area contributed by atoms with E-state index >= 15 is 0 Å². The third-order valence-electron chi connectivity index (χ3n) is 4.94. The number of hydrogen-bond acceptors (Lipinski definition) is 7. The molecule has 3 aromatic rings. The lowest BCUT2D eigenvalue weighted by molar-refractivity contribution is 0.0443. The predicted octanol–water partition coefficient (Wildman–Crippen LogP) is 4.31. The van der Waals surface area contributed by atoms with Crippen LogP contribution in [0.25, 0.3) is 10.9 Å². The molecule has 0 bridgehead atoms. The number of ether oxygens (including phenoxy) is 3. The van der Waals surface area contributed by atoms with Gasteiger partial charge in [0, 0.05) is 29.6 Å². The van der Waals surface area contributed by atoms with E-state index in [9.17, 15) is 4.39 Å². The fraction of sp³-hybridized carbons (Fsp3) is 0.304. The van der Waals surface area contributed by atoms with Gasteiger partial charge in [0.05, 0.1) is 38.1 Å². The van der Waals surface area contributed by atoms with E-state index in [0.29, 0.717) is 39.8 Å². The van der Waals surface area contributed by atoms with Crippen molar-refractivity contribution in [3.63, 3.8) is 0 Å². The Balaban J connectivity index is 0.00000306. The highest BCUT2D eigenvalue weighted by atomic mass is 35.5. The summed E-state index contributed by atoms with van der Waals surface area (Å²) in [5, 5.41) is 3.96. The highest BCUT2D eigenvalue weighted by molar-refractivity contribution is 6.30. The van der Waals surface area contributed by atoms with Crippen LogP contribution < -0.4 is 14.8 Å². The van der Waals surface area contributed by atoms with Gasteiger partial charge in [-0.25, -0.2) is 14.4 Å². The summed E-state index contributed by atoms with van der Waals surface area (Å²) in [5.74, 6) is 7.12. The molecule has 1 N–H and O–H groups in total. The first-order valence-electron chi connectivity index (χ1n) is 10.1. The van der Waals surface area contributed by atoms with Crippen molar-refractivity contribution in [1.29, 1.82) is 0 Å². The SMILES string of the molecule is COc1cc2c(Nc3ccc(Cl)cc3F)ncnc2cc1OCC#CCN1CCOCC1.Cl. The van der Waals surface area contributed by atoms with E-state index in [0.717, 1.165) is 26.3 Å². The van der Waals surface area contributed by atoms with Crippen molar-refractivity contribution in [2.24, 2.45) is 0 Å². The number of rotatable bonds is 6. The molecule has 174 valence electrons. The minimum absolute atomic E-state index is 0. The average molecular weight is 493 g/mol. The molecule has 1 aromatic heterocycles. The van der Waals surface area contributed by atoms with Crippen molar-refractivity contribution >= 4 is 46.4 Å². The molecule has 0 unspecified atom stereocenters. The third kappa shape index (κ3) is 6.36. The second kappa shape index (κ2) is 11.9. The van der Waals surface area contributed by atoms with Gasteiger partial charge >= 0.3 is 0 Å². The topological polar surface area (TPSA) is 68.7 Å². The van der Waals surface area contributed by atoms with Crippen LogP contribution in [0.3, 0.4) is 0 Å². The average Bonchev–Trinajstić information content (AvgIpc) is 2.81. The number of fused-ring (bicyclic) bond motifs is 1. The molecule has 7 nitrogen and oxygen atoms in total. The van der Waals surface area contributed by atoms with Gasteiger partial charge in [0.1, 0.15) is 24.6 Å². The Morgan fingerprint density at radius 2 is 1.97 bits per heavy atom. The molecule has 1 saturated heterocycles. The molecule has 0 amide bonds. The van der Waals surface area contributed by atoms with Gasteiger partial charge in [-0.15, -0.1) is 12.4 Å². The van der Waals surface area contributed by atoms with Crippen molar-refractivity contribution in [3.8, 4) is 23.3 Å². The normalized spacial score (nSPS) is 13.5. The number of anilines is 2. The number of halogens is 3. The summed E-state index contributed by atoms with van der Waals surface area (Å²) in [6.45, 7) is 4.18. The molecule has 0 aliphatic carbocycles. The minimum Gasteiger partial charge on any atom is -0.493 e. The Labute approximate surface area is 202 Å². The van der Waals surface area contributed by atoms with Gasteiger partial charge in [-0.05, 0) is 24.3 Å². The molecule has 2 heterocycles. The number of nitrogens with zero attached hydrogens (tertiary/aromatic N) is 3. The molecule has 10 heteroatoms. The van der Waals surface area contributed by atoms with Crippen LogP contribution in [0, 0.1) is 17.7 Å². The van der Waals surface area contributed by atoms with E-state index < -0.39 is 5.82 Å². The Hall–Kier alpha value is -2.83. The van der Waals surface area contributed by atoms with Crippen molar-refractivity contribution < 1.29 is 18.6 Å². The summed E-state index contributed by atoms with van der Waals surface area (Å²) in [6, 6.07) is 7.89. The van der Waals surface area contributed by atoms with Crippen LogP contribution >= 0.6 is 24.0 Å². The maximum absolute atomic E-state index is 14.2. The summed E-state index contributed by atoms with van der Waals surface area (Å²) in [6.07, 6.45) is 1.40. The van der Waals surface area contributed by atoms with Gasteiger partial charge in [-0.3, -0.25) is 4.90 Å².